The van der Waals surface area contributed by atoms with Crippen LogP contribution in [0.4, 0.5) is 5.69 Å². The van der Waals surface area contributed by atoms with Crippen molar-refractivity contribution in [2.75, 3.05) is 19.0 Å². The van der Waals surface area contributed by atoms with Crippen molar-refractivity contribution in [2.45, 2.75) is 25.7 Å². The highest BCUT2D eigenvalue weighted by Gasteiger charge is 2.07. The lowest BCUT2D eigenvalue weighted by atomic mass is 10.1. The van der Waals surface area contributed by atoms with E-state index in [2.05, 4.69) is 18.7 Å². The summed E-state index contributed by atoms with van der Waals surface area (Å²) >= 11 is 0. The Morgan fingerprint density at radius 3 is 2.67 bits per heavy atom. The molecular weight excluding hydrogens is 222 g/mol. The molecule has 0 amide bonds. The average molecular weight is 245 g/mol. The van der Waals surface area contributed by atoms with E-state index in [0.29, 0.717) is 5.75 Å². The minimum Gasteiger partial charge on any atom is -0.508 e. The second-order valence-corrected chi connectivity index (χ2v) is 4.56. The molecule has 0 bridgehead atoms. The molecule has 0 aliphatic rings. The second-order valence-electron chi connectivity index (χ2n) is 4.56. The van der Waals surface area contributed by atoms with Crippen LogP contribution in [0, 0.1) is 0 Å². The first-order valence-electron chi connectivity index (χ1n) is 6.41. The summed E-state index contributed by atoms with van der Waals surface area (Å²) in [6.07, 6.45) is 10.3. The van der Waals surface area contributed by atoms with Crippen LogP contribution >= 0.6 is 0 Å². The minimum absolute atomic E-state index is 0.372. The predicted molar refractivity (Wildman–Crippen MR) is 79.3 cm³/mol. The van der Waals surface area contributed by atoms with Crippen LogP contribution in [0.15, 0.2) is 43.0 Å². The second kappa shape index (κ2) is 7.59. The van der Waals surface area contributed by atoms with Gasteiger partial charge in [0.15, 0.2) is 0 Å². The van der Waals surface area contributed by atoms with Crippen molar-refractivity contribution in [3.8, 4) is 5.75 Å². The molecule has 1 N–H and O–H groups in total. The molecule has 0 atom stereocenters. The molecule has 0 aliphatic heterocycles. The molecule has 0 fully saturated rings. The number of benzene rings is 1. The first-order valence-corrected chi connectivity index (χ1v) is 6.41. The van der Waals surface area contributed by atoms with Crippen LogP contribution in [0.2, 0.25) is 0 Å². The van der Waals surface area contributed by atoms with E-state index in [0.717, 1.165) is 36.9 Å². The lowest BCUT2D eigenvalue weighted by Crippen LogP contribution is -2.11. The summed E-state index contributed by atoms with van der Waals surface area (Å²) in [6, 6.07) is 5.65. The molecule has 2 heteroatoms. The number of anilines is 1. The Morgan fingerprint density at radius 1 is 1.22 bits per heavy atom. The van der Waals surface area contributed by atoms with Crippen LogP contribution in [-0.2, 0) is 6.42 Å². The zero-order chi connectivity index (χ0) is 13.4. The summed E-state index contributed by atoms with van der Waals surface area (Å²) in [5.74, 6) is 0.372. The summed E-state index contributed by atoms with van der Waals surface area (Å²) < 4.78 is 0. The number of nitrogens with zero attached hydrogens (tertiary/aromatic N) is 1. The van der Waals surface area contributed by atoms with Gasteiger partial charge in [0.1, 0.15) is 5.75 Å². The summed E-state index contributed by atoms with van der Waals surface area (Å²) in [4.78, 5) is 2.03. The van der Waals surface area contributed by atoms with Gasteiger partial charge >= 0.3 is 0 Å². The monoisotopic (exact) mass is 245 g/mol. The van der Waals surface area contributed by atoms with E-state index in [1.807, 2.05) is 37.2 Å². The van der Waals surface area contributed by atoms with E-state index < -0.39 is 0 Å². The maximum absolute atomic E-state index is 9.91. The van der Waals surface area contributed by atoms with Gasteiger partial charge < -0.3 is 10.0 Å². The molecule has 0 aromatic heterocycles. The number of aromatic hydroxyl groups is 1. The fraction of sp³-hybridized carbons (Fsp3) is 0.375. The maximum atomic E-state index is 9.91. The molecule has 0 unspecified atom stereocenters. The number of allylic oxidation sites excluding steroid dienone is 3. The number of hydrogen-bond donors (Lipinski definition) is 1. The lowest BCUT2D eigenvalue weighted by molar-refractivity contribution is 0.470. The fourth-order valence-electron chi connectivity index (χ4n) is 1.89. The Bertz CT molecular complexity index is 408. The molecule has 1 aromatic carbocycles. The van der Waals surface area contributed by atoms with Gasteiger partial charge in [-0.15, -0.1) is 6.58 Å². The molecule has 0 aliphatic carbocycles. The van der Waals surface area contributed by atoms with Crippen LogP contribution in [0.5, 0.6) is 5.75 Å². The number of unbranched alkanes of at least 4 members (excludes halogenated alkanes) is 2. The van der Waals surface area contributed by atoms with E-state index >= 15 is 0 Å². The van der Waals surface area contributed by atoms with E-state index in [9.17, 15) is 5.11 Å². The zero-order valence-corrected chi connectivity index (χ0v) is 11.4. The lowest BCUT2D eigenvalue weighted by Gasteiger charge is -2.17. The molecule has 0 spiro atoms. The third kappa shape index (κ3) is 4.28. The van der Waals surface area contributed by atoms with Crippen LogP contribution < -0.4 is 4.90 Å². The molecule has 0 saturated heterocycles. The third-order valence-electron chi connectivity index (χ3n) is 2.88. The largest absolute Gasteiger partial charge is 0.508 e. The Morgan fingerprint density at radius 2 is 2.00 bits per heavy atom. The van der Waals surface area contributed by atoms with E-state index in [4.69, 9.17) is 0 Å². The molecule has 0 radical (unpaired) electrons. The van der Waals surface area contributed by atoms with Gasteiger partial charge in [-0.3, -0.25) is 0 Å². The molecule has 0 heterocycles. The molecule has 98 valence electrons. The Hall–Kier alpha value is -1.70. The van der Waals surface area contributed by atoms with Crippen molar-refractivity contribution >= 4 is 5.69 Å². The third-order valence-corrected chi connectivity index (χ3v) is 2.88. The molecule has 0 saturated carbocycles. The zero-order valence-electron chi connectivity index (χ0n) is 11.4. The standard InChI is InChI=1S/C16H23NO/c1-4-5-6-7-8-9-11-14-15(17(2)3)12-10-13-16(14)18/h4,8-10,12-13,18H,1,5-7,11H2,2-3H3/b9-8+. The van der Waals surface area contributed by atoms with Gasteiger partial charge in [-0.25, -0.2) is 0 Å². The Kier molecular flexibility index (Phi) is 6.06. The minimum atomic E-state index is 0.372. The molecular formula is C16H23NO. The Balaban J connectivity index is 2.63. The topological polar surface area (TPSA) is 23.5 Å². The fourth-order valence-corrected chi connectivity index (χ4v) is 1.89. The van der Waals surface area contributed by atoms with Crippen molar-refractivity contribution in [1.29, 1.82) is 0 Å². The van der Waals surface area contributed by atoms with Gasteiger partial charge in [-0.1, -0.05) is 24.3 Å². The van der Waals surface area contributed by atoms with Crippen molar-refractivity contribution in [1.82, 2.24) is 0 Å². The normalized spacial score (nSPS) is 10.8. The number of phenolic OH excluding ortho intramolecular Hbond substituents is 1. The van der Waals surface area contributed by atoms with Crippen molar-refractivity contribution < 1.29 is 5.11 Å². The smallest absolute Gasteiger partial charge is 0.121 e. The van der Waals surface area contributed by atoms with Gasteiger partial charge in [0.05, 0.1) is 0 Å². The van der Waals surface area contributed by atoms with Crippen LogP contribution in [0.3, 0.4) is 0 Å². The highest BCUT2D eigenvalue weighted by Crippen LogP contribution is 2.28. The quantitative estimate of drug-likeness (QED) is 0.581. The molecule has 1 rings (SSSR count). The molecule has 18 heavy (non-hydrogen) atoms. The van der Waals surface area contributed by atoms with E-state index in [1.165, 1.54) is 0 Å². The van der Waals surface area contributed by atoms with Gasteiger partial charge in [0.2, 0.25) is 0 Å². The highest BCUT2D eigenvalue weighted by molar-refractivity contribution is 5.58. The van der Waals surface area contributed by atoms with Crippen LogP contribution in [-0.4, -0.2) is 19.2 Å². The Labute approximate surface area is 110 Å². The first kappa shape index (κ1) is 14.4. The summed E-state index contributed by atoms with van der Waals surface area (Å²) in [7, 11) is 3.98. The van der Waals surface area contributed by atoms with Gasteiger partial charge in [-0.05, 0) is 37.8 Å². The SMILES string of the molecule is C=CCCC/C=C/Cc1c(O)cccc1N(C)C. The number of hydrogen-bond acceptors (Lipinski definition) is 2. The van der Waals surface area contributed by atoms with Crippen molar-refractivity contribution in [3.05, 3.63) is 48.6 Å². The average Bonchev–Trinajstić information content (AvgIpc) is 2.34. The molecule has 2 nitrogen and oxygen atoms in total. The summed E-state index contributed by atoms with van der Waals surface area (Å²) in [5.41, 5.74) is 2.06. The van der Waals surface area contributed by atoms with Gasteiger partial charge in [0.25, 0.3) is 0 Å². The predicted octanol–water partition coefficient (Wildman–Crippen LogP) is 3.91. The molecule has 1 aromatic rings. The van der Waals surface area contributed by atoms with Gasteiger partial charge in [-0.2, -0.15) is 0 Å². The van der Waals surface area contributed by atoms with Crippen molar-refractivity contribution in [3.63, 3.8) is 0 Å². The highest BCUT2D eigenvalue weighted by atomic mass is 16.3. The van der Waals surface area contributed by atoms with Gasteiger partial charge in [0, 0.05) is 25.3 Å². The van der Waals surface area contributed by atoms with Crippen molar-refractivity contribution in [2.24, 2.45) is 0 Å². The summed E-state index contributed by atoms with van der Waals surface area (Å²) in [6.45, 7) is 3.71. The number of phenols is 1. The number of rotatable bonds is 7. The van der Waals surface area contributed by atoms with E-state index in [-0.39, 0.29) is 0 Å². The summed E-state index contributed by atoms with van der Waals surface area (Å²) in [5, 5.41) is 9.91. The first-order chi connectivity index (χ1) is 8.66. The van der Waals surface area contributed by atoms with Crippen LogP contribution in [0.25, 0.3) is 0 Å². The van der Waals surface area contributed by atoms with E-state index in [1.54, 1.807) is 6.07 Å². The van der Waals surface area contributed by atoms with Crippen LogP contribution in [0.1, 0.15) is 24.8 Å². The maximum Gasteiger partial charge on any atom is 0.121 e.